The molecule has 2 nitrogen and oxygen atoms in total. The third-order valence-electron chi connectivity index (χ3n) is 3.50. The molecule has 2 N–H and O–H groups in total. The molecule has 1 saturated heterocycles. The third-order valence-corrected chi connectivity index (χ3v) is 3.50. The maximum absolute atomic E-state index is 13.3. The first-order valence-electron chi connectivity index (χ1n) is 5.42. The fourth-order valence-corrected chi connectivity index (χ4v) is 2.51. The summed E-state index contributed by atoms with van der Waals surface area (Å²) in [5, 5.41) is 0. The molecule has 0 spiro atoms. The van der Waals surface area contributed by atoms with E-state index in [-0.39, 0.29) is 6.42 Å². The van der Waals surface area contributed by atoms with Crippen molar-refractivity contribution in [2.75, 3.05) is 26.2 Å². The minimum absolute atomic E-state index is 0.0891. The fourth-order valence-electron chi connectivity index (χ4n) is 2.51. The summed E-state index contributed by atoms with van der Waals surface area (Å²) in [4.78, 5) is 2.11. The van der Waals surface area contributed by atoms with Gasteiger partial charge in [0, 0.05) is 32.0 Å². The highest BCUT2D eigenvalue weighted by Crippen LogP contribution is 2.41. The highest BCUT2D eigenvalue weighted by atomic mass is 19.3. The van der Waals surface area contributed by atoms with Gasteiger partial charge in [-0.2, -0.15) is 0 Å². The molecule has 2 aliphatic rings. The first-order valence-corrected chi connectivity index (χ1v) is 5.42. The van der Waals surface area contributed by atoms with Crippen LogP contribution in [0.4, 0.5) is 8.78 Å². The standard InChI is InChI=1S/C10H18F2N2/c11-10(12)3-1-2-9(10)7-14-5-8(4-13)6-14/h8-9H,1-7,13H2. The van der Waals surface area contributed by atoms with Gasteiger partial charge in [0.25, 0.3) is 5.92 Å². The Bertz CT molecular complexity index is 202. The van der Waals surface area contributed by atoms with Crippen LogP contribution in [0.15, 0.2) is 0 Å². The third kappa shape index (κ3) is 1.91. The molecule has 0 aromatic carbocycles. The highest BCUT2D eigenvalue weighted by Gasteiger charge is 2.45. The Labute approximate surface area is 83.4 Å². The quantitative estimate of drug-likeness (QED) is 0.751. The normalized spacial score (nSPS) is 33.2. The maximum Gasteiger partial charge on any atom is 0.252 e. The van der Waals surface area contributed by atoms with E-state index in [9.17, 15) is 8.78 Å². The van der Waals surface area contributed by atoms with Crippen LogP contribution in [-0.2, 0) is 0 Å². The van der Waals surface area contributed by atoms with Gasteiger partial charge in [-0.05, 0) is 25.3 Å². The van der Waals surface area contributed by atoms with Crippen LogP contribution in [0.3, 0.4) is 0 Å². The molecule has 1 heterocycles. The van der Waals surface area contributed by atoms with E-state index in [0.29, 0.717) is 31.8 Å². The van der Waals surface area contributed by atoms with Crippen LogP contribution in [0.25, 0.3) is 0 Å². The Balaban J connectivity index is 1.76. The zero-order chi connectivity index (χ0) is 10.2. The summed E-state index contributed by atoms with van der Waals surface area (Å²) < 4.78 is 26.5. The van der Waals surface area contributed by atoms with Crippen molar-refractivity contribution in [1.29, 1.82) is 0 Å². The van der Waals surface area contributed by atoms with Gasteiger partial charge in [-0.25, -0.2) is 8.78 Å². The lowest BCUT2D eigenvalue weighted by molar-refractivity contribution is -0.0584. The summed E-state index contributed by atoms with van der Waals surface area (Å²) in [6.45, 7) is 3.10. The predicted molar refractivity (Wildman–Crippen MR) is 51.3 cm³/mol. The second-order valence-electron chi connectivity index (χ2n) is 4.67. The summed E-state index contributed by atoms with van der Waals surface area (Å²) in [6, 6.07) is 0. The Kier molecular flexibility index (Phi) is 2.75. The zero-order valence-corrected chi connectivity index (χ0v) is 8.38. The van der Waals surface area contributed by atoms with Crippen LogP contribution in [0.5, 0.6) is 0 Å². The lowest BCUT2D eigenvalue weighted by atomic mass is 9.96. The van der Waals surface area contributed by atoms with Crippen molar-refractivity contribution >= 4 is 0 Å². The van der Waals surface area contributed by atoms with Crippen molar-refractivity contribution < 1.29 is 8.78 Å². The van der Waals surface area contributed by atoms with E-state index in [1.165, 1.54) is 0 Å². The van der Waals surface area contributed by atoms with Gasteiger partial charge in [-0.15, -0.1) is 0 Å². The summed E-state index contributed by atoms with van der Waals surface area (Å²) in [5.41, 5.74) is 5.48. The van der Waals surface area contributed by atoms with Crippen LogP contribution in [0.2, 0.25) is 0 Å². The van der Waals surface area contributed by atoms with Crippen LogP contribution in [-0.4, -0.2) is 37.0 Å². The number of likely N-dealkylation sites (tertiary alicyclic amines) is 1. The molecule has 4 heteroatoms. The van der Waals surface area contributed by atoms with Crippen LogP contribution < -0.4 is 5.73 Å². The SMILES string of the molecule is NCC1CN(CC2CCCC2(F)F)C1. The first-order chi connectivity index (χ1) is 6.62. The van der Waals surface area contributed by atoms with Crippen molar-refractivity contribution in [2.24, 2.45) is 17.6 Å². The monoisotopic (exact) mass is 204 g/mol. The summed E-state index contributed by atoms with van der Waals surface area (Å²) in [5.74, 6) is -2.26. The van der Waals surface area contributed by atoms with Crippen molar-refractivity contribution in [3.05, 3.63) is 0 Å². The smallest absolute Gasteiger partial charge is 0.252 e. The second kappa shape index (κ2) is 3.74. The molecular weight excluding hydrogens is 186 g/mol. The van der Waals surface area contributed by atoms with Gasteiger partial charge in [0.2, 0.25) is 0 Å². The van der Waals surface area contributed by atoms with Crippen LogP contribution in [0.1, 0.15) is 19.3 Å². The Morgan fingerprint density at radius 3 is 2.57 bits per heavy atom. The predicted octanol–water partition coefficient (Wildman–Crippen LogP) is 1.31. The molecule has 1 saturated carbocycles. The summed E-state index contributed by atoms with van der Waals surface area (Å²) in [7, 11) is 0. The van der Waals surface area contributed by atoms with Gasteiger partial charge < -0.3 is 10.6 Å². The highest BCUT2D eigenvalue weighted by molar-refractivity contribution is 4.89. The Hall–Kier alpha value is -0.220. The molecule has 0 amide bonds. The average molecular weight is 204 g/mol. The topological polar surface area (TPSA) is 29.3 Å². The zero-order valence-electron chi connectivity index (χ0n) is 8.38. The number of alkyl halides is 2. The minimum atomic E-state index is -2.41. The number of hydrogen-bond acceptors (Lipinski definition) is 2. The van der Waals surface area contributed by atoms with E-state index in [2.05, 4.69) is 4.90 Å². The van der Waals surface area contributed by atoms with E-state index in [0.717, 1.165) is 13.1 Å². The van der Waals surface area contributed by atoms with Gasteiger partial charge in [0.05, 0.1) is 0 Å². The lowest BCUT2D eigenvalue weighted by Gasteiger charge is -2.40. The van der Waals surface area contributed by atoms with Crippen molar-refractivity contribution in [2.45, 2.75) is 25.2 Å². The molecule has 0 aromatic heterocycles. The first kappa shape index (κ1) is 10.3. The molecule has 2 rings (SSSR count). The van der Waals surface area contributed by atoms with Gasteiger partial charge in [-0.1, -0.05) is 0 Å². The molecule has 0 aromatic rings. The molecule has 14 heavy (non-hydrogen) atoms. The molecule has 2 fully saturated rings. The molecular formula is C10H18F2N2. The molecule has 0 bridgehead atoms. The summed E-state index contributed by atoms with van der Waals surface area (Å²) >= 11 is 0. The van der Waals surface area contributed by atoms with Gasteiger partial charge in [0.15, 0.2) is 0 Å². The number of nitrogens with two attached hydrogens (primary N) is 1. The van der Waals surface area contributed by atoms with E-state index in [1.807, 2.05) is 0 Å². The fraction of sp³-hybridized carbons (Fsp3) is 1.00. The number of halogens is 2. The number of nitrogens with zero attached hydrogens (tertiary/aromatic N) is 1. The molecule has 1 atom stereocenters. The molecule has 1 aliphatic carbocycles. The second-order valence-corrected chi connectivity index (χ2v) is 4.67. The van der Waals surface area contributed by atoms with E-state index in [1.54, 1.807) is 0 Å². The largest absolute Gasteiger partial charge is 0.330 e. The van der Waals surface area contributed by atoms with Crippen LogP contribution >= 0.6 is 0 Å². The number of hydrogen-bond donors (Lipinski definition) is 1. The molecule has 0 radical (unpaired) electrons. The van der Waals surface area contributed by atoms with Crippen LogP contribution in [0, 0.1) is 11.8 Å². The van der Waals surface area contributed by atoms with E-state index < -0.39 is 11.8 Å². The van der Waals surface area contributed by atoms with Gasteiger partial charge in [-0.3, -0.25) is 0 Å². The van der Waals surface area contributed by atoms with Gasteiger partial charge in [0.1, 0.15) is 0 Å². The average Bonchev–Trinajstić information content (AvgIpc) is 2.37. The van der Waals surface area contributed by atoms with E-state index in [4.69, 9.17) is 5.73 Å². The Morgan fingerprint density at radius 1 is 1.36 bits per heavy atom. The molecule has 82 valence electrons. The van der Waals surface area contributed by atoms with Gasteiger partial charge >= 0.3 is 0 Å². The van der Waals surface area contributed by atoms with Crippen molar-refractivity contribution in [1.82, 2.24) is 4.90 Å². The Morgan fingerprint density at radius 2 is 2.07 bits per heavy atom. The molecule has 1 aliphatic heterocycles. The lowest BCUT2D eigenvalue weighted by Crippen LogP contribution is -2.52. The minimum Gasteiger partial charge on any atom is -0.330 e. The number of rotatable bonds is 3. The van der Waals surface area contributed by atoms with Crippen molar-refractivity contribution in [3.8, 4) is 0 Å². The summed E-state index contributed by atoms with van der Waals surface area (Å²) in [6.07, 6.45) is 1.47. The maximum atomic E-state index is 13.3. The van der Waals surface area contributed by atoms with Crippen molar-refractivity contribution in [3.63, 3.8) is 0 Å². The van der Waals surface area contributed by atoms with E-state index >= 15 is 0 Å². The molecule has 1 unspecified atom stereocenters.